The Morgan fingerprint density at radius 3 is 2.53 bits per heavy atom. The third kappa shape index (κ3) is 5.04. The average molecular weight is 244 g/mol. The van der Waals surface area contributed by atoms with Gasteiger partial charge in [-0.25, -0.2) is 0 Å². The van der Waals surface area contributed by atoms with Crippen molar-refractivity contribution >= 4 is 5.97 Å². The van der Waals surface area contributed by atoms with Gasteiger partial charge in [0.2, 0.25) is 0 Å². The molecule has 4 nitrogen and oxygen atoms in total. The highest BCUT2D eigenvalue weighted by atomic mass is 16.5. The van der Waals surface area contributed by atoms with Crippen molar-refractivity contribution in [3.63, 3.8) is 0 Å². The van der Waals surface area contributed by atoms with Crippen LogP contribution in [0.3, 0.4) is 0 Å². The molecule has 1 aliphatic heterocycles. The Balaban J connectivity index is 2.01. The second-order valence-electron chi connectivity index (χ2n) is 4.98. The zero-order chi connectivity index (χ0) is 12.6. The standard InChI is InChI=1S/C13H24O4/c1-2-3-4-5-6-7-12(15)17-11-13(8-14)9-16-10-13/h14H,2-11H2,1H3. The third-order valence-corrected chi connectivity index (χ3v) is 3.18. The number of esters is 1. The van der Waals surface area contributed by atoms with E-state index in [1.54, 1.807) is 0 Å². The van der Waals surface area contributed by atoms with Crippen LogP contribution in [-0.2, 0) is 14.3 Å². The molecule has 100 valence electrons. The molecule has 0 amide bonds. The fraction of sp³-hybridized carbons (Fsp3) is 0.923. The molecule has 0 saturated carbocycles. The van der Waals surface area contributed by atoms with Crippen molar-refractivity contribution in [3.05, 3.63) is 0 Å². The van der Waals surface area contributed by atoms with Gasteiger partial charge in [0.05, 0.1) is 25.2 Å². The highest BCUT2D eigenvalue weighted by molar-refractivity contribution is 5.69. The molecule has 0 bridgehead atoms. The van der Waals surface area contributed by atoms with Crippen LogP contribution in [0.4, 0.5) is 0 Å². The summed E-state index contributed by atoms with van der Waals surface area (Å²) >= 11 is 0. The van der Waals surface area contributed by atoms with Crippen LogP contribution in [0.5, 0.6) is 0 Å². The molecule has 0 aromatic carbocycles. The fourth-order valence-electron chi connectivity index (χ4n) is 1.79. The quantitative estimate of drug-likeness (QED) is 0.497. The van der Waals surface area contributed by atoms with Crippen LogP contribution in [0.25, 0.3) is 0 Å². The summed E-state index contributed by atoms with van der Waals surface area (Å²) in [6.45, 7) is 3.47. The van der Waals surface area contributed by atoms with E-state index in [1.807, 2.05) is 0 Å². The van der Waals surface area contributed by atoms with Crippen LogP contribution in [-0.4, -0.2) is 37.5 Å². The molecule has 1 aliphatic rings. The molecule has 1 N–H and O–H groups in total. The smallest absolute Gasteiger partial charge is 0.305 e. The fourth-order valence-corrected chi connectivity index (χ4v) is 1.79. The number of aliphatic hydroxyl groups is 1. The molecule has 0 unspecified atom stereocenters. The number of carbonyl (C=O) groups excluding carboxylic acids is 1. The van der Waals surface area contributed by atoms with Gasteiger partial charge in [0, 0.05) is 6.42 Å². The molecule has 1 saturated heterocycles. The van der Waals surface area contributed by atoms with Gasteiger partial charge < -0.3 is 14.6 Å². The molecule has 4 heteroatoms. The molecule has 0 radical (unpaired) electrons. The van der Waals surface area contributed by atoms with Crippen molar-refractivity contribution in [2.24, 2.45) is 5.41 Å². The molecule has 1 rings (SSSR count). The zero-order valence-corrected chi connectivity index (χ0v) is 10.7. The van der Waals surface area contributed by atoms with E-state index in [1.165, 1.54) is 19.3 Å². The predicted molar refractivity (Wildman–Crippen MR) is 64.7 cm³/mol. The summed E-state index contributed by atoms with van der Waals surface area (Å²) in [4.78, 5) is 11.4. The zero-order valence-electron chi connectivity index (χ0n) is 10.7. The number of carbonyl (C=O) groups is 1. The first-order valence-electron chi connectivity index (χ1n) is 6.57. The minimum absolute atomic E-state index is 0.0246. The largest absolute Gasteiger partial charge is 0.465 e. The number of aliphatic hydroxyl groups excluding tert-OH is 1. The Labute approximate surface area is 103 Å². The maximum absolute atomic E-state index is 11.4. The molecule has 0 atom stereocenters. The van der Waals surface area contributed by atoms with Crippen LogP contribution in [0.2, 0.25) is 0 Å². The maximum atomic E-state index is 11.4. The Bertz CT molecular complexity index is 218. The van der Waals surface area contributed by atoms with Gasteiger partial charge in [-0.05, 0) is 6.42 Å². The molecule has 1 fully saturated rings. The molecule has 0 aliphatic carbocycles. The summed E-state index contributed by atoms with van der Waals surface area (Å²) < 4.78 is 10.2. The van der Waals surface area contributed by atoms with Gasteiger partial charge >= 0.3 is 5.97 Å². The maximum Gasteiger partial charge on any atom is 0.305 e. The first-order valence-corrected chi connectivity index (χ1v) is 6.57. The lowest BCUT2D eigenvalue weighted by molar-refractivity contribution is -0.179. The van der Waals surface area contributed by atoms with E-state index in [9.17, 15) is 4.79 Å². The number of unbranched alkanes of at least 4 members (excludes halogenated alkanes) is 4. The minimum atomic E-state index is -0.322. The van der Waals surface area contributed by atoms with Crippen molar-refractivity contribution in [2.75, 3.05) is 26.4 Å². The minimum Gasteiger partial charge on any atom is -0.465 e. The van der Waals surface area contributed by atoms with Crippen LogP contribution < -0.4 is 0 Å². The topological polar surface area (TPSA) is 55.8 Å². The summed E-state index contributed by atoms with van der Waals surface area (Å²) in [6, 6.07) is 0. The summed E-state index contributed by atoms with van der Waals surface area (Å²) in [5.41, 5.74) is -0.322. The van der Waals surface area contributed by atoms with E-state index >= 15 is 0 Å². The second kappa shape index (κ2) is 7.67. The van der Waals surface area contributed by atoms with Gasteiger partial charge in [-0.2, -0.15) is 0 Å². The number of ether oxygens (including phenoxy) is 2. The normalized spacial score (nSPS) is 17.5. The van der Waals surface area contributed by atoms with Crippen LogP contribution in [0.1, 0.15) is 45.4 Å². The first-order chi connectivity index (χ1) is 8.22. The lowest BCUT2D eigenvalue weighted by Gasteiger charge is -2.38. The van der Waals surface area contributed by atoms with Gasteiger partial charge in [-0.3, -0.25) is 4.79 Å². The van der Waals surface area contributed by atoms with E-state index in [0.717, 1.165) is 12.8 Å². The SMILES string of the molecule is CCCCCCCC(=O)OCC1(CO)COC1. The monoisotopic (exact) mass is 244 g/mol. The van der Waals surface area contributed by atoms with Gasteiger partial charge in [-0.1, -0.05) is 32.6 Å². The molecule has 0 aromatic heterocycles. The van der Waals surface area contributed by atoms with Crippen molar-refractivity contribution < 1.29 is 19.4 Å². The second-order valence-corrected chi connectivity index (χ2v) is 4.98. The number of hydrogen-bond donors (Lipinski definition) is 1. The predicted octanol–water partition coefficient (Wildman–Crippen LogP) is 1.90. The summed E-state index contributed by atoms with van der Waals surface area (Å²) in [5.74, 6) is -0.152. The molecular weight excluding hydrogens is 220 g/mol. The summed E-state index contributed by atoms with van der Waals surface area (Å²) in [6.07, 6.45) is 6.13. The van der Waals surface area contributed by atoms with E-state index < -0.39 is 0 Å². The van der Waals surface area contributed by atoms with E-state index in [2.05, 4.69) is 6.92 Å². The highest BCUT2D eigenvalue weighted by Crippen LogP contribution is 2.27. The molecule has 1 heterocycles. The molecule has 0 spiro atoms. The van der Waals surface area contributed by atoms with Gasteiger partial charge in [-0.15, -0.1) is 0 Å². The van der Waals surface area contributed by atoms with Gasteiger partial charge in [0.25, 0.3) is 0 Å². The number of rotatable bonds is 9. The van der Waals surface area contributed by atoms with E-state index in [0.29, 0.717) is 19.6 Å². The van der Waals surface area contributed by atoms with Crippen molar-refractivity contribution in [1.29, 1.82) is 0 Å². The molecule has 17 heavy (non-hydrogen) atoms. The molecular formula is C13H24O4. The van der Waals surface area contributed by atoms with Gasteiger partial charge in [0.1, 0.15) is 6.61 Å². The van der Waals surface area contributed by atoms with Crippen molar-refractivity contribution in [3.8, 4) is 0 Å². The summed E-state index contributed by atoms with van der Waals surface area (Å²) in [5, 5.41) is 9.15. The van der Waals surface area contributed by atoms with Crippen LogP contribution in [0.15, 0.2) is 0 Å². The Hall–Kier alpha value is -0.610. The number of hydrogen-bond acceptors (Lipinski definition) is 4. The summed E-state index contributed by atoms with van der Waals surface area (Å²) in [7, 11) is 0. The average Bonchev–Trinajstić information content (AvgIpc) is 2.28. The van der Waals surface area contributed by atoms with Crippen LogP contribution in [0, 0.1) is 5.41 Å². The molecule has 0 aromatic rings. The highest BCUT2D eigenvalue weighted by Gasteiger charge is 2.39. The van der Waals surface area contributed by atoms with Crippen molar-refractivity contribution in [1.82, 2.24) is 0 Å². The van der Waals surface area contributed by atoms with Crippen LogP contribution >= 0.6 is 0 Å². The van der Waals surface area contributed by atoms with E-state index in [-0.39, 0.29) is 24.6 Å². The lowest BCUT2D eigenvalue weighted by atomic mass is 9.88. The Kier molecular flexibility index (Phi) is 6.52. The Morgan fingerprint density at radius 1 is 1.29 bits per heavy atom. The van der Waals surface area contributed by atoms with E-state index in [4.69, 9.17) is 14.6 Å². The lowest BCUT2D eigenvalue weighted by Crippen LogP contribution is -2.49. The Morgan fingerprint density at radius 2 is 2.00 bits per heavy atom. The third-order valence-electron chi connectivity index (χ3n) is 3.18. The van der Waals surface area contributed by atoms with Crippen molar-refractivity contribution in [2.45, 2.75) is 45.4 Å². The first kappa shape index (κ1) is 14.5. The van der Waals surface area contributed by atoms with Gasteiger partial charge in [0.15, 0.2) is 0 Å².